The largest absolute Gasteiger partial charge is 0.477 e. The molecule has 0 bridgehead atoms. The van der Waals surface area contributed by atoms with Crippen molar-refractivity contribution in [3.63, 3.8) is 0 Å². The number of carbonyl (C=O) groups is 1. The molecule has 0 saturated carbocycles. The number of anilines is 1. The van der Waals surface area contributed by atoms with Crippen LogP contribution >= 0.6 is 22.9 Å². The van der Waals surface area contributed by atoms with Crippen LogP contribution in [0.25, 0.3) is 0 Å². The minimum Gasteiger partial charge on any atom is -0.477 e. The highest BCUT2D eigenvalue weighted by Crippen LogP contribution is 2.32. The summed E-state index contributed by atoms with van der Waals surface area (Å²) < 4.78 is 0. The lowest BCUT2D eigenvalue weighted by molar-refractivity contribution is 0.0702. The predicted octanol–water partition coefficient (Wildman–Crippen LogP) is 2.56. The summed E-state index contributed by atoms with van der Waals surface area (Å²) in [6, 6.07) is 0.575. The number of nitrogens with zero attached hydrogens (tertiary/aromatic N) is 3. The maximum Gasteiger partial charge on any atom is 0.349 e. The maximum absolute atomic E-state index is 11.0. The quantitative estimate of drug-likeness (QED) is 0.929. The zero-order chi connectivity index (χ0) is 14.1. The third-order valence-corrected chi connectivity index (χ3v) is 5.60. The summed E-state index contributed by atoms with van der Waals surface area (Å²) in [7, 11) is 0. The molecule has 1 N–H and O–H groups in total. The van der Waals surface area contributed by atoms with Crippen LogP contribution in [0.3, 0.4) is 0 Å². The van der Waals surface area contributed by atoms with Crippen molar-refractivity contribution < 1.29 is 9.90 Å². The van der Waals surface area contributed by atoms with Crippen molar-refractivity contribution in [2.75, 3.05) is 31.1 Å². The van der Waals surface area contributed by atoms with Gasteiger partial charge in [-0.1, -0.05) is 29.4 Å². The fourth-order valence-electron chi connectivity index (χ4n) is 3.06. The van der Waals surface area contributed by atoms with Crippen LogP contribution < -0.4 is 4.90 Å². The molecule has 1 atom stereocenters. The van der Waals surface area contributed by atoms with E-state index < -0.39 is 5.97 Å². The van der Waals surface area contributed by atoms with Gasteiger partial charge in [-0.05, 0) is 32.4 Å². The average molecular weight is 316 g/mol. The Morgan fingerprint density at radius 1 is 1.30 bits per heavy atom. The summed E-state index contributed by atoms with van der Waals surface area (Å²) >= 11 is 7.06. The Balaban J connectivity index is 1.67. The van der Waals surface area contributed by atoms with Gasteiger partial charge in [0.25, 0.3) is 0 Å². The van der Waals surface area contributed by atoms with E-state index in [1.807, 2.05) is 0 Å². The summed E-state index contributed by atoms with van der Waals surface area (Å²) in [6.07, 6.45) is 5.06. The third-order valence-electron chi connectivity index (χ3n) is 4.11. The molecular weight excluding hydrogens is 298 g/mol. The zero-order valence-corrected chi connectivity index (χ0v) is 12.8. The van der Waals surface area contributed by atoms with E-state index in [2.05, 4.69) is 14.8 Å². The second kappa shape index (κ2) is 5.87. The molecule has 2 aliphatic rings. The molecule has 3 rings (SSSR count). The van der Waals surface area contributed by atoms with Gasteiger partial charge in [0.2, 0.25) is 0 Å². The van der Waals surface area contributed by atoms with Gasteiger partial charge in [-0.2, -0.15) is 0 Å². The number of carboxylic acid groups (broad SMARTS) is 1. The van der Waals surface area contributed by atoms with Gasteiger partial charge in [0.05, 0.1) is 0 Å². The molecule has 0 amide bonds. The highest BCUT2D eigenvalue weighted by atomic mass is 35.5. The third kappa shape index (κ3) is 2.77. The van der Waals surface area contributed by atoms with E-state index in [-0.39, 0.29) is 10.0 Å². The Labute approximate surface area is 127 Å². The number of hydrogen-bond acceptors (Lipinski definition) is 5. The molecule has 2 saturated heterocycles. The molecule has 0 aliphatic carbocycles. The average Bonchev–Trinajstić information content (AvgIpc) is 3.06. The fraction of sp³-hybridized carbons (Fsp3) is 0.692. The molecule has 2 aliphatic heterocycles. The molecule has 1 unspecified atom stereocenters. The van der Waals surface area contributed by atoms with Crippen LogP contribution in [0.15, 0.2) is 0 Å². The van der Waals surface area contributed by atoms with Crippen LogP contribution in [0.2, 0.25) is 5.15 Å². The second-order valence-electron chi connectivity index (χ2n) is 5.41. The first-order chi connectivity index (χ1) is 9.65. The minimum atomic E-state index is -0.995. The van der Waals surface area contributed by atoms with Crippen molar-refractivity contribution in [3.8, 4) is 0 Å². The van der Waals surface area contributed by atoms with Crippen LogP contribution in [-0.2, 0) is 0 Å². The van der Waals surface area contributed by atoms with Crippen molar-refractivity contribution in [2.24, 2.45) is 0 Å². The second-order valence-corrected chi connectivity index (χ2v) is 6.74. The van der Waals surface area contributed by atoms with Crippen LogP contribution in [-0.4, -0.2) is 53.2 Å². The van der Waals surface area contributed by atoms with Crippen LogP contribution in [0.4, 0.5) is 5.13 Å². The summed E-state index contributed by atoms with van der Waals surface area (Å²) in [5, 5.41) is 9.89. The molecule has 0 radical (unpaired) electrons. The number of rotatable bonds is 3. The highest BCUT2D eigenvalue weighted by Gasteiger charge is 2.30. The van der Waals surface area contributed by atoms with Gasteiger partial charge in [0.1, 0.15) is 0 Å². The Bertz CT molecular complexity index is 502. The van der Waals surface area contributed by atoms with E-state index in [0.717, 1.165) is 24.6 Å². The van der Waals surface area contributed by atoms with Crippen LogP contribution in [0.1, 0.15) is 35.4 Å². The van der Waals surface area contributed by atoms with Crippen molar-refractivity contribution in [1.82, 2.24) is 9.88 Å². The van der Waals surface area contributed by atoms with Crippen molar-refractivity contribution in [1.29, 1.82) is 0 Å². The van der Waals surface area contributed by atoms with Crippen LogP contribution in [0, 0.1) is 0 Å². The SMILES string of the molecule is O=C(O)c1sc(N2CCC(N3CCCCC3)C2)nc1Cl. The predicted molar refractivity (Wildman–Crippen MR) is 80.1 cm³/mol. The number of likely N-dealkylation sites (tertiary alicyclic amines) is 1. The molecule has 1 aromatic heterocycles. The van der Waals surface area contributed by atoms with Gasteiger partial charge < -0.3 is 10.0 Å². The van der Waals surface area contributed by atoms with Gasteiger partial charge >= 0.3 is 5.97 Å². The number of halogens is 1. The molecule has 7 heteroatoms. The molecule has 2 fully saturated rings. The first-order valence-electron chi connectivity index (χ1n) is 7.04. The van der Waals surface area contributed by atoms with Gasteiger partial charge in [0.15, 0.2) is 15.2 Å². The standard InChI is InChI=1S/C13H18ClN3O2S/c14-11-10(12(18)19)20-13(15-11)17-7-4-9(8-17)16-5-2-1-3-6-16/h9H,1-8H2,(H,18,19). The van der Waals surface area contributed by atoms with Crippen molar-refractivity contribution in [2.45, 2.75) is 31.7 Å². The molecule has 0 spiro atoms. The zero-order valence-electron chi connectivity index (χ0n) is 11.2. The number of aromatic nitrogens is 1. The van der Waals surface area contributed by atoms with Gasteiger partial charge in [-0.15, -0.1) is 0 Å². The maximum atomic E-state index is 11.0. The first kappa shape index (κ1) is 14.1. The van der Waals surface area contributed by atoms with Crippen LogP contribution in [0.5, 0.6) is 0 Å². The Kier molecular flexibility index (Phi) is 4.14. The van der Waals surface area contributed by atoms with E-state index in [9.17, 15) is 4.79 Å². The summed E-state index contributed by atoms with van der Waals surface area (Å²) in [4.78, 5) is 20.1. The van der Waals surface area contributed by atoms with Gasteiger partial charge in [0, 0.05) is 19.1 Å². The highest BCUT2D eigenvalue weighted by molar-refractivity contribution is 7.18. The van der Waals surface area contributed by atoms with Crippen molar-refractivity contribution >= 4 is 34.0 Å². The van der Waals surface area contributed by atoms with Crippen molar-refractivity contribution in [3.05, 3.63) is 10.0 Å². The first-order valence-corrected chi connectivity index (χ1v) is 8.23. The van der Waals surface area contributed by atoms with Gasteiger partial charge in [-0.3, -0.25) is 4.90 Å². The fourth-order valence-corrected chi connectivity index (χ4v) is 4.21. The summed E-state index contributed by atoms with van der Waals surface area (Å²) in [5.41, 5.74) is 0. The lowest BCUT2D eigenvalue weighted by Gasteiger charge is -2.32. The number of carboxylic acids is 1. The number of hydrogen-bond donors (Lipinski definition) is 1. The number of piperidine rings is 1. The monoisotopic (exact) mass is 315 g/mol. The lowest BCUT2D eigenvalue weighted by atomic mass is 10.1. The Morgan fingerprint density at radius 3 is 2.70 bits per heavy atom. The Morgan fingerprint density at radius 2 is 2.05 bits per heavy atom. The summed E-state index contributed by atoms with van der Waals surface area (Å²) in [5.74, 6) is -0.995. The number of thiazole rings is 1. The topological polar surface area (TPSA) is 56.7 Å². The van der Waals surface area contributed by atoms with E-state index in [0.29, 0.717) is 6.04 Å². The normalized spacial score (nSPS) is 24.2. The molecule has 1 aromatic rings. The van der Waals surface area contributed by atoms with E-state index >= 15 is 0 Å². The lowest BCUT2D eigenvalue weighted by Crippen LogP contribution is -2.40. The molecule has 20 heavy (non-hydrogen) atoms. The molecule has 110 valence electrons. The smallest absolute Gasteiger partial charge is 0.349 e. The molecule has 3 heterocycles. The number of aromatic carboxylic acids is 1. The van der Waals surface area contributed by atoms with E-state index in [1.54, 1.807) is 0 Å². The Hall–Kier alpha value is -0.850. The summed E-state index contributed by atoms with van der Waals surface area (Å²) in [6.45, 7) is 4.25. The minimum absolute atomic E-state index is 0.110. The molecule has 5 nitrogen and oxygen atoms in total. The van der Waals surface area contributed by atoms with Gasteiger partial charge in [-0.25, -0.2) is 9.78 Å². The van der Waals surface area contributed by atoms with E-state index in [4.69, 9.17) is 16.7 Å². The van der Waals surface area contributed by atoms with E-state index in [1.165, 1.54) is 43.7 Å². The molecular formula is C13H18ClN3O2S. The molecule has 0 aromatic carbocycles.